The number of carbonyl (C=O) groups excluding carboxylic acids is 1. The third kappa shape index (κ3) is 5.44. The Morgan fingerprint density at radius 2 is 1.87 bits per heavy atom. The summed E-state index contributed by atoms with van der Waals surface area (Å²) in [4.78, 5) is 14.5. The second-order valence-corrected chi connectivity index (χ2v) is 7.40. The molecule has 0 bridgehead atoms. The van der Waals surface area contributed by atoms with Crippen molar-refractivity contribution in [1.82, 2.24) is 15.1 Å². The Bertz CT molecular complexity index is 1080. The molecule has 0 aliphatic heterocycles. The van der Waals surface area contributed by atoms with Crippen LogP contribution in [-0.4, -0.2) is 41.3 Å². The van der Waals surface area contributed by atoms with Gasteiger partial charge in [-0.05, 0) is 49.8 Å². The Kier molecular flexibility index (Phi) is 7.31. The molecule has 0 spiro atoms. The number of ether oxygens (including phenoxy) is 2. The van der Waals surface area contributed by atoms with Gasteiger partial charge in [-0.1, -0.05) is 29.8 Å². The Hall–Kier alpha value is -3.32. The molecule has 3 rings (SSSR count). The van der Waals surface area contributed by atoms with Crippen molar-refractivity contribution < 1.29 is 18.7 Å². The molecule has 2 aromatic carbocycles. The molecule has 0 fully saturated rings. The number of hydrogen-bond acceptors (Lipinski definition) is 6. The van der Waals surface area contributed by atoms with Crippen molar-refractivity contribution in [3.63, 3.8) is 0 Å². The monoisotopic (exact) mass is 441 g/mol. The highest BCUT2D eigenvalue weighted by Gasteiger charge is 2.19. The van der Waals surface area contributed by atoms with E-state index in [0.717, 1.165) is 5.56 Å². The zero-order valence-electron chi connectivity index (χ0n) is 17.8. The lowest BCUT2D eigenvalue weighted by Gasteiger charge is -2.23. The minimum absolute atomic E-state index is 0.0711. The topological polar surface area (TPSA) is 77.7 Å². The first-order valence-corrected chi connectivity index (χ1v) is 10.1. The fourth-order valence-corrected chi connectivity index (χ4v) is 3.16. The van der Waals surface area contributed by atoms with Crippen molar-refractivity contribution >= 4 is 23.6 Å². The smallest absolute Gasteiger partial charge is 0.249 e. The van der Waals surface area contributed by atoms with Gasteiger partial charge in [-0.3, -0.25) is 4.79 Å². The van der Waals surface area contributed by atoms with Gasteiger partial charge < -0.3 is 18.8 Å². The number of halogens is 1. The van der Waals surface area contributed by atoms with Gasteiger partial charge in [0.2, 0.25) is 17.7 Å². The largest absolute Gasteiger partial charge is 0.493 e. The fraction of sp³-hybridized carbons (Fsp3) is 0.261. The summed E-state index contributed by atoms with van der Waals surface area (Å²) in [6.07, 6.45) is 3.23. The number of nitrogens with zero attached hydrogens (tertiary/aromatic N) is 3. The fourth-order valence-electron chi connectivity index (χ4n) is 2.94. The summed E-state index contributed by atoms with van der Waals surface area (Å²) in [6.45, 7) is 4.03. The predicted molar refractivity (Wildman–Crippen MR) is 119 cm³/mol. The molecule has 0 N–H and O–H groups in total. The van der Waals surface area contributed by atoms with E-state index in [4.69, 9.17) is 25.5 Å². The van der Waals surface area contributed by atoms with Crippen molar-refractivity contribution in [2.24, 2.45) is 0 Å². The number of amides is 1. The van der Waals surface area contributed by atoms with Crippen molar-refractivity contribution in [3.05, 3.63) is 65.0 Å². The molecular formula is C23H24ClN3O4. The van der Waals surface area contributed by atoms with Crippen LogP contribution in [0.1, 0.15) is 25.3 Å². The molecule has 0 unspecified atom stereocenters. The maximum atomic E-state index is 12.8. The van der Waals surface area contributed by atoms with Crippen LogP contribution in [0.2, 0.25) is 5.02 Å². The molecule has 0 radical (unpaired) electrons. The Morgan fingerprint density at radius 3 is 2.55 bits per heavy atom. The zero-order valence-corrected chi connectivity index (χ0v) is 18.6. The third-order valence-corrected chi connectivity index (χ3v) is 4.94. The van der Waals surface area contributed by atoms with Crippen LogP contribution in [0.5, 0.6) is 11.5 Å². The van der Waals surface area contributed by atoms with Gasteiger partial charge in [0.25, 0.3) is 0 Å². The summed E-state index contributed by atoms with van der Waals surface area (Å²) in [5.41, 5.74) is 1.46. The second kappa shape index (κ2) is 10.1. The lowest BCUT2D eigenvalue weighted by molar-refractivity contribution is -0.128. The Balaban J connectivity index is 1.75. The minimum atomic E-state index is -0.178. The van der Waals surface area contributed by atoms with Gasteiger partial charge in [0.15, 0.2) is 11.5 Å². The van der Waals surface area contributed by atoms with E-state index < -0.39 is 0 Å². The van der Waals surface area contributed by atoms with Gasteiger partial charge in [-0.15, -0.1) is 10.2 Å². The number of methoxy groups -OCH3 is 2. The molecule has 1 amide bonds. The van der Waals surface area contributed by atoms with E-state index in [2.05, 4.69) is 10.2 Å². The number of hydrogen-bond donors (Lipinski definition) is 0. The lowest BCUT2D eigenvalue weighted by Crippen LogP contribution is -2.35. The highest BCUT2D eigenvalue weighted by Crippen LogP contribution is 2.28. The van der Waals surface area contributed by atoms with Crippen molar-refractivity contribution in [3.8, 4) is 23.0 Å². The molecule has 3 aromatic rings. The van der Waals surface area contributed by atoms with E-state index in [1.165, 1.54) is 6.08 Å². The molecule has 0 aliphatic rings. The van der Waals surface area contributed by atoms with Crippen LogP contribution < -0.4 is 9.47 Å². The van der Waals surface area contributed by atoms with Gasteiger partial charge in [-0.25, -0.2) is 0 Å². The number of benzene rings is 2. The molecule has 0 saturated carbocycles. The van der Waals surface area contributed by atoms with Crippen molar-refractivity contribution in [2.45, 2.75) is 26.4 Å². The molecule has 1 heterocycles. The summed E-state index contributed by atoms with van der Waals surface area (Å²) < 4.78 is 16.3. The summed E-state index contributed by atoms with van der Waals surface area (Å²) in [5.74, 6) is 1.69. The molecule has 7 nitrogen and oxygen atoms in total. The SMILES string of the molecule is COc1ccc(C=CC(=O)N(Cc2nnc(-c3ccccc3Cl)o2)C(C)C)cc1OC. The highest BCUT2D eigenvalue weighted by molar-refractivity contribution is 6.33. The summed E-state index contributed by atoms with van der Waals surface area (Å²) in [6, 6.07) is 12.6. The normalized spacial score (nSPS) is 11.2. The molecule has 1 aromatic heterocycles. The van der Waals surface area contributed by atoms with Crippen LogP contribution in [0.3, 0.4) is 0 Å². The average Bonchev–Trinajstić information content (AvgIpc) is 3.24. The summed E-state index contributed by atoms with van der Waals surface area (Å²) >= 11 is 6.20. The maximum absolute atomic E-state index is 12.8. The second-order valence-electron chi connectivity index (χ2n) is 6.99. The Morgan fingerprint density at radius 1 is 1.13 bits per heavy atom. The standard InChI is InChI=1S/C23H24ClN3O4/c1-15(2)27(14-21-25-26-23(31-21)17-7-5-6-8-18(17)24)22(28)12-10-16-9-11-19(29-3)20(13-16)30-4/h5-13,15H,14H2,1-4H3. The number of rotatable bonds is 8. The highest BCUT2D eigenvalue weighted by atomic mass is 35.5. The summed E-state index contributed by atoms with van der Waals surface area (Å²) in [7, 11) is 3.14. The first-order valence-electron chi connectivity index (χ1n) is 9.71. The van der Waals surface area contributed by atoms with Gasteiger partial charge >= 0.3 is 0 Å². The third-order valence-electron chi connectivity index (χ3n) is 4.61. The Labute approximate surface area is 186 Å². The van der Waals surface area contributed by atoms with Crippen LogP contribution in [0.25, 0.3) is 17.5 Å². The van der Waals surface area contributed by atoms with E-state index in [1.54, 1.807) is 49.5 Å². The first-order chi connectivity index (χ1) is 14.9. The van der Waals surface area contributed by atoms with Gasteiger partial charge in [-0.2, -0.15) is 0 Å². The van der Waals surface area contributed by atoms with Crippen molar-refractivity contribution in [1.29, 1.82) is 0 Å². The molecule has 0 aliphatic carbocycles. The molecular weight excluding hydrogens is 418 g/mol. The quantitative estimate of drug-likeness (QED) is 0.464. The zero-order chi connectivity index (χ0) is 22.4. The van der Waals surface area contributed by atoms with Crippen LogP contribution in [-0.2, 0) is 11.3 Å². The lowest BCUT2D eigenvalue weighted by atomic mass is 10.1. The van der Waals surface area contributed by atoms with Gasteiger partial charge in [0.05, 0.1) is 31.4 Å². The van der Waals surface area contributed by atoms with Gasteiger partial charge in [0, 0.05) is 12.1 Å². The minimum Gasteiger partial charge on any atom is -0.493 e. The van der Waals surface area contributed by atoms with Crippen LogP contribution >= 0.6 is 11.6 Å². The van der Waals surface area contributed by atoms with E-state index in [0.29, 0.717) is 33.9 Å². The first kappa shape index (κ1) is 22.4. The molecule has 162 valence electrons. The average molecular weight is 442 g/mol. The maximum Gasteiger partial charge on any atom is 0.249 e. The molecule has 0 saturated heterocycles. The predicted octanol–water partition coefficient (Wildman–Crippen LogP) is 4.86. The molecule has 8 heteroatoms. The van der Waals surface area contributed by atoms with E-state index >= 15 is 0 Å². The van der Waals surface area contributed by atoms with E-state index in [-0.39, 0.29) is 18.5 Å². The molecule has 0 atom stereocenters. The van der Waals surface area contributed by atoms with Crippen LogP contribution in [0.4, 0.5) is 0 Å². The number of aromatic nitrogens is 2. The van der Waals surface area contributed by atoms with E-state index in [9.17, 15) is 4.79 Å². The number of carbonyl (C=O) groups is 1. The molecule has 31 heavy (non-hydrogen) atoms. The van der Waals surface area contributed by atoms with Gasteiger partial charge in [0.1, 0.15) is 0 Å². The van der Waals surface area contributed by atoms with Crippen LogP contribution in [0.15, 0.2) is 53.0 Å². The van der Waals surface area contributed by atoms with E-state index in [1.807, 2.05) is 32.0 Å². The van der Waals surface area contributed by atoms with Crippen LogP contribution in [0, 0.1) is 0 Å². The summed E-state index contributed by atoms with van der Waals surface area (Å²) in [5, 5.41) is 8.66. The van der Waals surface area contributed by atoms with Crippen molar-refractivity contribution in [2.75, 3.05) is 14.2 Å².